The predicted octanol–water partition coefficient (Wildman–Crippen LogP) is 2.64. The molecular formula is C17H34N4O2. The predicted molar refractivity (Wildman–Crippen MR) is 94.8 cm³/mol. The first-order valence-electron chi connectivity index (χ1n) is 8.95. The third-order valence-electron chi connectivity index (χ3n) is 4.04. The van der Waals surface area contributed by atoms with Crippen LogP contribution in [0.4, 0.5) is 4.79 Å². The second-order valence-corrected chi connectivity index (χ2v) is 6.62. The highest BCUT2D eigenvalue weighted by atomic mass is 16.5. The van der Waals surface area contributed by atoms with Crippen molar-refractivity contribution in [3.8, 4) is 0 Å². The van der Waals surface area contributed by atoms with Crippen LogP contribution in [0.15, 0.2) is 4.99 Å². The maximum atomic E-state index is 11.7. The minimum Gasteiger partial charge on any atom is -0.450 e. The molecule has 0 heterocycles. The standard InChI is InChI=1S/C17H34N4O2/c1-5-23-17(22)21-15(11-13(2)3)12-19-16(18-4)20-14-9-7-6-8-10-14/h13-15H,5-12H2,1-4H3,(H,21,22)(H2,18,19,20). The van der Waals surface area contributed by atoms with Gasteiger partial charge in [-0.1, -0.05) is 33.1 Å². The Labute approximate surface area is 140 Å². The van der Waals surface area contributed by atoms with E-state index in [1.807, 2.05) is 6.92 Å². The highest BCUT2D eigenvalue weighted by Crippen LogP contribution is 2.17. The number of nitrogens with one attached hydrogen (secondary N) is 3. The lowest BCUT2D eigenvalue weighted by molar-refractivity contribution is 0.146. The summed E-state index contributed by atoms with van der Waals surface area (Å²) in [6.45, 7) is 7.14. The Morgan fingerprint density at radius 3 is 2.52 bits per heavy atom. The molecule has 6 heteroatoms. The molecule has 1 saturated carbocycles. The van der Waals surface area contributed by atoms with Gasteiger partial charge in [0, 0.05) is 25.7 Å². The molecule has 134 valence electrons. The van der Waals surface area contributed by atoms with E-state index in [-0.39, 0.29) is 12.1 Å². The molecule has 1 rings (SSSR count). The fourth-order valence-electron chi connectivity index (χ4n) is 2.96. The van der Waals surface area contributed by atoms with Crippen molar-refractivity contribution in [1.82, 2.24) is 16.0 Å². The number of aliphatic imine (C=N–C) groups is 1. The highest BCUT2D eigenvalue weighted by molar-refractivity contribution is 5.80. The highest BCUT2D eigenvalue weighted by Gasteiger charge is 2.17. The second kappa shape index (κ2) is 11.1. The number of rotatable bonds is 7. The zero-order valence-corrected chi connectivity index (χ0v) is 15.2. The molecule has 1 aliphatic rings. The zero-order valence-electron chi connectivity index (χ0n) is 15.2. The Bertz CT molecular complexity index is 366. The van der Waals surface area contributed by atoms with E-state index in [2.05, 4.69) is 34.8 Å². The lowest BCUT2D eigenvalue weighted by atomic mass is 9.96. The monoisotopic (exact) mass is 326 g/mol. The molecule has 0 aliphatic heterocycles. The van der Waals surface area contributed by atoms with Gasteiger partial charge in [0.15, 0.2) is 5.96 Å². The molecule has 0 radical (unpaired) electrons. The molecule has 1 unspecified atom stereocenters. The summed E-state index contributed by atoms with van der Waals surface area (Å²) in [6, 6.07) is 0.537. The third-order valence-corrected chi connectivity index (χ3v) is 4.04. The van der Waals surface area contributed by atoms with Gasteiger partial charge in [0.25, 0.3) is 0 Å². The van der Waals surface area contributed by atoms with Gasteiger partial charge in [-0.05, 0) is 32.1 Å². The summed E-state index contributed by atoms with van der Waals surface area (Å²) in [6.07, 6.45) is 6.87. The average Bonchev–Trinajstić information content (AvgIpc) is 2.51. The van der Waals surface area contributed by atoms with E-state index in [4.69, 9.17) is 4.74 Å². The molecule has 0 bridgehead atoms. The van der Waals surface area contributed by atoms with Crippen LogP contribution in [0.2, 0.25) is 0 Å². The molecule has 0 spiro atoms. The smallest absolute Gasteiger partial charge is 0.407 e. The molecule has 0 aromatic heterocycles. The Kier molecular flexibility index (Phi) is 9.48. The fourth-order valence-corrected chi connectivity index (χ4v) is 2.96. The molecular weight excluding hydrogens is 292 g/mol. The van der Waals surface area contributed by atoms with Crippen LogP contribution in [0, 0.1) is 5.92 Å². The molecule has 1 fully saturated rings. The minimum atomic E-state index is -0.352. The second-order valence-electron chi connectivity index (χ2n) is 6.62. The van der Waals surface area contributed by atoms with Crippen molar-refractivity contribution < 1.29 is 9.53 Å². The minimum absolute atomic E-state index is 0.0268. The van der Waals surface area contributed by atoms with Crippen LogP contribution in [0.5, 0.6) is 0 Å². The lowest BCUT2D eigenvalue weighted by Gasteiger charge is -2.26. The molecule has 0 aromatic rings. The summed E-state index contributed by atoms with van der Waals surface area (Å²) in [5, 5.41) is 9.75. The van der Waals surface area contributed by atoms with Gasteiger partial charge in [-0.3, -0.25) is 4.99 Å². The van der Waals surface area contributed by atoms with E-state index in [0.29, 0.717) is 25.1 Å². The Hall–Kier alpha value is -1.46. The van der Waals surface area contributed by atoms with E-state index in [1.165, 1.54) is 32.1 Å². The van der Waals surface area contributed by atoms with Gasteiger partial charge < -0.3 is 20.7 Å². The summed E-state index contributed by atoms with van der Waals surface area (Å²) < 4.78 is 4.98. The maximum absolute atomic E-state index is 11.7. The first kappa shape index (κ1) is 19.6. The number of hydrogen-bond donors (Lipinski definition) is 3. The zero-order chi connectivity index (χ0) is 17.1. The Morgan fingerprint density at radius 2 is 1.96 bits per heavy atom. The van der Waals surface area contributed by atoms with Gasteiger partial charge in [-0.15, -0.1) is 0 Å². The SMILES string of the molecule is CCOC(=O)NC(CNC(=NC)NC1CCCCC1)CC(C)C. The molecule has 6 nitrogen and oxygen atoms in total. The van der Waals surface area contributed by atoms with E-state index >= 15 is 0 Å². The number of alkyl carbamates (subject to hydrolysis) is 1. The molecule has 1 atom stereocenters. The Balaban J connectivity index is 2.44. The number of carbonyl (C=O) groups excluding carboxylic acids is 1. The summed E-state index contributed by atoms with van der Waals surface area (Å²) in [4.78, 5) is 16.0. The van der Waals surface area contributed by atoms with E-state index in [9.17, 15) is 4.79 Å². The van der Waals surface area contributed by atoms with Crippen molar-refractivity contribution in [2.45, 2.75) is 71.4 Å². The molecule has 3 N–H and O–H groups in total. The van der Waals surface area contributed by atoms with Crippen molar-refractivity contribution in [2.24, 2.45) is 10.9 Å². The van der Waals surface area contributed by atoms with Crippen LogP contribution in [0.1, 0.15) is 59.3 Å². The first-order chi connectivity index (χ1) is 11.0. The van der Waals surface area contributed by atoms with Gasteiger partial charge in [0.05, 0.1) is 6.61 Å². The maximum Gasteiger partial charge on any atom is 0.407 e. The van der Waals surface area contributed by atoms with Crippen molar-refractivity contribution in [3.63, 3.8) is 0 Å². The summed E-state index contributed by atoms with van der Waals surface area (Å²) in [7, 11) is 1.79. The topological polar surface area (TPSA) is 74.8 Å². The van der Waals surface area contributed by atoms with E-state index in [1.54, 1.807) is 7.05 Å². The third kappa shape index (κ3) is 8.67. The molecule has 1 aliphatic carbocycles. The molecule has 0 aromatic carbocycles. The number of amides is 1. The number of nitrogens with zero attached hydrogens (tertiary/aromatic N) is 1. The van der Waals surface area contributed by atoms with Gasteiger partial charge in [0.2, 0.25) is 0 Å². The number of carbonyl (C=O) groups is 1. The van der Waals surface area contributed by atoms with Crippen LogP contribution in [0.25, 0.3) is 0 Å². The van der Waals surface area contributed by atoms with Crippen molar-refractivity contribution in [2.75, 3.05) is 20.2 Å². The number of ether oxygens (including phenoxy) is 1. The van der Waals surface area contributed by atoms with Crippen molar-refractivity contribution in [3.05, 3.63) is 0 Å². The van der Waals surface area contributed by atoms with Crippen LogP contribution in [0.3, 0.4) is 0 Å². The van der Waals surface area contributed by atoms with E-state index < -0.39 is 0 Å². The first-order valence-corrected chi connectivity index (χ1v) is 8.95. The van der Waals surface area contributed by atoms with E-state index in [0.717, 1.165) is 12.4 Å². The van der Waals surface area contributed by atoms with Crippen molar-refractivity contribution >= 4 is 12.1 Å². The quantitative estimate of drug-likeness (QED) is 0.497. The van der Waals surface area contributed by atoms with Gasteiger partial charge in [-0.25, -0.2) is 4.79 Å². The van der Waals surface area contributed by atoms with Gasteiger partial charge in [-0.2, -0.15) is 0 Å². The molecule has 0 saturated heterocycles. The van der Waals surface area contributed by atoms with Crippen LogP contribution in [-0.4, -0.2) is 44.3 Å². The normalized spacial score (nSPS) is 17.7. The number of hydrogen-bond acceptors (Lipinski definition) is 3. The summed E-state index contributed by atoms with van der Waals surface area (Å²) in [5.74, 6) is 1.31. The van der Waals surface area contributed by atoms with Crippen molar-refractivity contribution in [1.29, 1.82) is 0 Å². The summed E-state index contributed by atoms with van der Waals surface area (Å²) >= 11 is 0. The fraction of sp³-hybridized carbons (Fsp3) is 0.882. The van der Waals surface area contributed by atoms with Crippen LogP contribution in [-0.2, 0) is 4.74 Å². The van der Waals surface area contributed by atoms with Gasteiger partial charge >= 0.3 is 6.09 Å². The van der Waals surface area contributed by atoms with Crippen LogP contribution < -0.4 is 16.0 Å². The molecule has 1 amide bonds. The molecule has 23 heavy (non-hydrogen) atoms. The Morgan fingerprint density at radius 1 is 1.26 bits per heavy atom. The van der Waals surface area contributed by atoms with Crippen LogP contribution >= 0.6 is 0 Å². The average molecular weight is 326 g/mol. The lowest BCUT2D eigenvalue weighted by Crippen LogP contribution is -2.50. The summed E-state index contributed by atoms with van der Waals surface area (Å²) in [5.41, 5.74) is 0. The largest absolute Gasteiger partial charge is 0.450 e. The number of guanidine groups is 1. The van der Waals surface area contributed by atoms with Gasteiger partial charge in [0.1, 0.15) is 0 Å².